The molecule has 1 aliphatic heterocycles. The smallest absolute Gasteiger partial charge is 0.296 e. The maximum atomic E-state index is 12.0. The second-order valence-corrected chi connectivity index (χ2v) is 4.41. The molecular weight excluding hydrogens is 258 g/mol. The van der Waals surface area contributed by atoms with Gasteiger partial charge in [0.25, 0.3) is 11.7 Å². The molecule has 6 nitrogen and oxygen atoms in total. The molecule has 0 saturated carbocycles. The molecular formula is C14H17N3O3. The molecule has 1 heterocycles. The zero-order chi connectivity index (χ0) is 14.4. The van der Waals surface area contributed by atoms with E-state index in [0.29, 0.717) is 26.3 Å². The SMILES string of the molecule is C/C(=N\Nc1ccccc1)C(=O)C(=O)N1CCOCC1. The Balaban J connectivity index is 1.95. The molecule has 2 rings (SSSR count). The van der Waals surface area contributed by atoms with Crippen LogP contribution in [-0.2, 0) is 14.3 Å². The number of hydrogen-bond donors (Lipinski definition) is 1. The molecule has 0 aromatic heterocycles. The molecule has 0 radical (unpaired) electrons. The van der Waals surface area contributed by atoms with Gasteiger partial charge in [-0.25, -0.2) is 0 Å². The van der Waals surface area contributed by atoms with Gasteiger partial charge in [-0.05, 0) is 19.1 Å². The zero-order valence-corrected chi connectivity index (χ0v) is 11.3. The fourth-order valence-electron chi connectivity index (χ4n) is 1.78. The summed E-state index contributed by atoms with van der Waals surface area (Å²) in [6.45, 7) is 3.36. The van der Waals surface area contributed by atoms with Gasteiger partial charge in [0.2, 0.25) is 0 Å². The van der Waals surface area contributed by atoms with Gasteiger partial charge >= 0.3 is 0 Å². The molecule has 20 heavy (non-hydrogen) atoms. The summed E-state index contributed by atoms with van der Waals surface area (Å²) >= 11 is 0. The average Bonchev–Trinajstić information content (AvgIpc) is 2.53. The summed E-state index contributed by atoms with van der Waals surface area (Å²) in [5, 5.41) is 3.95. The molecule has 106 valence electrons. The molecule has 0 aliphatic carbocycles. The number of rotatable bonds is 4. The van der Waals surface area contributed by atoms with E-state index in [2.05, 4.69) is 10.5 Å². The molecule has 1 aliphatic rings. The van der Waals surface area contributed by atoms with Gasteiger partial charge in [0.15, 0.2) is 0 Å². The number of carbonyl (C=O) groups is 2. The highest BCUT2D eigenvalue weighted by Gasteiger charge is 2.25. The molecule has 0 atom stereocenters. The highest BCUT2D eigenvalue weighted by atomic mass is 16.5. The number of anilines is 1. The van der Waals surface area contributed by atoms with Crippen LogP contribution in [0.15, 0.2) is 35.4 Å². The number of para-hydroxylation sites is 1. The number of morpholine rings is 1. The van der Waals surface area contributed by atoms with Crippen LogP contribution in [0.25, 0.3) is 0 Å². The van der Waals surface area contributed by atoms with Crippen LogP contribution in [0.2, 0.25) is 0 Å². The van der Waals surface area contributed by atoms with Crippen LogP contribution < -0.4 is 5.43 Å². The van der Waals surface area contributed by atoms with Crippen LogP contribution in [0, 0.1) is 0 Å². The second kappa shape index (κ2) is 6.81. The summed E-state index contributed by atoms with van der Waals surface area (Å²) in [6, 6.07) is 9.24. The normalized spacial score (nSPS) is 15.8. The molecule has 6 heteroatoms. The van der Waals surface area contributed by atoms with Crippen molar-refractivity contribution in [3.63, 3.8) is 0 Å². The minimum Gasteiger partial charge on any atom is -0.378 e. The van der Waals surface area contributed by atoms with Crippen molar-refractivity contribution in [3.05, 3.63) is 30.3 Å². The molecule has 0 spiro atoms. The van der Waals surface area contributed by atoms with Gasteiger partial charge < -0.3 is 9.64 Å². The van der Waals surface area contributed by atoms with E-state index >= 15 is 0 Å². The number of hydrogen-bond acceptors (Lipinski definition) is 5. The first-order chi connectivity index (χ1) is 9.68. The van der Waals surface area contributed by atoms with Crippen LogP contribution in [0.5, 0.6) is 0 Å². The number of hydrazone groups is 1. The van der Waals surface area contributed by atoms with Gasteiger partial charge in [-0.1, -0.05) is 18.2 Å². The number of nitrogens with one attached hydrogen (secondary N) is 1. The van der Waals surface area contributed by atoms with E-state index in [1.54, 1.807) is 0 Å². The summed E-state index contributed by atoms with van der Waals surface area (Å²) in [5.41, 5.74) is 3.66. The van der Waals surface area contributed by atoms with E-state index in [4.69, 9.17) is 4.74 Å². The summed E-state index contributed by atoms with van der Waals surface area (Å²) in [7, 11) is 0. The van der Waals surface area contributed by atoms with E-state index < -0.39 is 11.7 Å². The molecule has 0 unspecified atom stereocenters. The third-order valence-electron chi connectivity index (χ3n) is 2.95. The minimum atomic E-state index is -0.588. The van der Waals surface area contributed by atoms with Crippen molar-refractivity contribution in [1.29, 1.82) is 0 Å². The Morgan fingerprint density at radius 2 is 1.85 bits per heavy atom. The lowest BCUT2D eigenvalue weighted by Gasteiger charge is -2.25. The Hall–Kier alpha value is -2.21. The maximum absolute atomic E-state index is 12.0. The van der Waals surface area contributed by atoms with Crippen molar-refractivity contribution in [2.75, 3.05) is 31.7 Å². The average molecular weight is 275 g/mol. The van der Waals surface area contributed by atoms with Crippen molar-refractivity contribution in [3.8, 4) is 0 Å². The van der Waals surface area contributed by atoms with Gasteiger partial charge in [0, 0.05) is 13.1 Å². The number of Topliss-reactive ketones (excluding diaryl/α,β-unsaturated/α-hetero) is 1. The van der Waals surface area contributed by atoms with Gasteiger partial charge in [0.05, 0.1) is 18.9 Å². The van der Waals surface area contributed by atoms with Crippen LogP contribution >= 0.6 is 0 Å². The number of carbonyl (C=O) groups excluding carboxylic acids is 2. The predicted molar refractivity (Wildman–Crippen MR) is 75.6 cm³/mol. The number of ketones is 1. The highest BCUT2D eigenvalue weighted by molar-refractivity contribution is 6.64. The Kier molecular flexibility index (Phi) is 4.84. The first kappa shape index (κ1) is 14.2. The third kappa shape index (κ3) is 3.64. The van der Waals surface area contributed by atoms with Gasteiger partial charge in [0.1, 0.15) is 5.71 Å². The van der Waals surface area contributed by atoms with Crippen molar-refractivity contribution < 1.29 is 14.3 Å². The standard InChI is InChI=1S/C14H17N3O3/c1-11(15-16-12-5-3-2-4-6-12)13(18)14(19)17-7-9-20-10-8-17/h2-6,16H,7-10H2,1H3/b15-11+. The molecule has 0 bridgehead atoms. The van der Waals surface area contributed by atoms with Crippen LogP contribution in [0.1, 0.15) is 6.92 Å². The molecule has 1 fully saturated rings. The first-order valence-corrected chi connectivity index (χ1v) is 6.45. The number of benzene rings is 1. The third-order valence-corrected chi connectivity index (χ3v) is 2.95. The first-order valence-electron chi connectivity index (χ1n) is 6.45. The van der Waals surface area contributed by atoms with Crippen molar-refractivity contribution in [2.24, 2.45) is 5.10 Å². The van der Waals surface area contributed by atoms with E-state index in [1.807, 2.05) is 30.3 Å². The van der Waals surface area contributed by atoms with Crippen LogP contribution in [0.3, 0.4) is 0 Å². The van der Waals surface area contributed by atoms with Crippen LogP contribution in [0.4, 0.5) is 5.69 Å². The van der Waals surface area contributed by atoms with E-state index in [0.717, 1.165) is 5.69 Å². The van der Waals surface area contributed by atoms with Gasteiger partial charge in [-0.15, -0.1) is 0 Å². The number of ether oxygens (including phenoxy) is 1. The van der Waals surface area contributed by atoms with Crippen LogP contribution in [-0.4, -0.2) is 48.6 Å². The van der Waals surface area contributed by atoms with Crippen molar-refractivity contribution in [2.45, 2.75) is 6.92 Å². The fourth-order valence-corrected chi connectivity index (χ4v) is 1.78. The predicted octanol–water partition coefficient (Wildman–Crippen LogP) is 0.902. The lowest BCUT2D eigenvalue weighted by atomic mass is 10.2. The topological polar surface area (TPSA) is 71.0 Å². The summed E-state index contributed by atoms with van der Waals surface area (Å²) < 4.78 is 5.15. The molecule has 1 aromatic rings. The molecule has 1 N–H and O–H groups in total. The Morgan fingerprint density at radius 3 is 2.50 bits per heavy atom. The summed E-state index contributed by atoms with van der Waals surface area (Å²) in [6.07, 6.45) is 0. The van der Waals surface area contributed by atoms with Gasteiger partial charge in [-0.3, -0.25) is 15.0 Å². The summed E-state index contributed by atoms with van der Waals surface area (Å²) in [4.78, 5) is 25.4. The van der Waals surface area contributed by atoms with E-state index in [-0.39, 0.29) is 5.71 Å². The van der Waals surface area contributed by atoms with E-state index in [1.165, 1.54) is 11.8 Å². The number of amides is 1. The number of nitrogens with zero attached hydrogens (tertiary/aromatic N) is 2. The summed E-state index contributed by atoms with van der Waals surface area (Å²) in [5.74, 6) is -1.11. The Bertz CT molecular complexity index is 508. The van der Waals surface area contributed by atoms with Gasteiger partial charge in [-0.2, -0.15) is 5.10 Å². The van der Waals surface area contributed by atoms with E-state index in [9.17, 15) is 9.59 Å². The maximum Gasteiger partial charge on any atom is 0.296 e. The van der Waals surface area contributed by atoms with Crippen molar-refractivity contribution in [1.82, 2.24) is 4.90 Å². The molecule has 1 aromatic carbocycles. The highest BCUT2D eigenvalue weighted by Crippen LogP contribution is 2.05. The Morgan fingerprint density at radius 1 is 1.20 bits per heavy atom. The lowest BCUT2D eigenvalue weighted by Crippen LogP contribution is -2.45. The molecule has 1 amide bonds. The lowest BCUT2D eigenvalue weighted by molar-refractivity contribution is -0.144. The quantitative estimate of drug-likeness (QED) is 0.503. The zero-order valence-electron chi connectivity index (χ0n) is 11.3. The fraction of sp³-hybridized carbons (Fsp3) is 0.357. The van der Waals surface area contributed by atoms with Crippen molar-refractivity contribution >= 4 is 23.1 Å². The second-order valence-electron chi connectivity index (χ2n) is 4.41. The molecule has 1 saturated heterocycles. The Labute approximate surface area is 117 Å². The largest absolute Gasteiger partial charge is 0.378 e. The monoisotopic (exact) mass is 275 g/mol. The minimum absolute atomic E-state index is 0.144.